The standard InChI is InChI=1S/C22H30N2O5S/c1-17(2)29-20-13-12-18(15-21(20)28-4)16-23-22(25)11-8-14-24(3)30(26,27)19-9-6-5-7-10-19/h5-7,9-10,12-13,15,17H,8,11,14,16H2,1-4H3,(H,23,25). The highest BCUT2D eigenvalue weighted by Gasteiger charge is 2.20. The summed E-state index contributed by atoms with van der Waals surface area (Å²) in [6.45, 7) is 4.50. The number of rotatable bonds is 11. The number of hydrogen-bond donors (Lipinski definition) is 1. The SMILES string of the molecule is COc1cc(CNC(=O)CCCN(C)S(=O)(=O)c2ccccc2)ccc1OC(C)C. The van der Waals surface area contributed by atoms with E-state index in [1.165, 1.54) is 11.4 Å². The monoisotopic (exact) mass is 434 g/mol. The Morgan fingerprint density at radius 3 is 2.43 bits per heavy atom. The van der Waals surface area contributed by atoms with Crippen LogP contribution in [0.4, 0.5) is 0 Å². The van der Waals surface area contributed by atoms with Gasteiger partial charge in [-0.3, -0.25) is 4.79 Å². The summed E-state index contributed by atoms with van der Waals surface area (Å²) in [5, 5.41) is 2.85. The largest absolute Gasteiger partial charge is 0.493 e. The lowest BCUT2D eigenvalue weighted by molar-refractivity contribution is -0.121. The zero-order chi connectivity index (χ0) is 22.1. The summed E-state index contributed by atoms with van der Waals surface area (Å²) in [6.07, 6.45) is 0.701. The lowest BCUT2D eigenvalue weighted by Gasteiger charge is -2.17. The quantitative estimate of drug-likeness (QED) is 0.587. The zero-order valence-corrected chi connectivity index (χ0v) is 18.7. The maximum absolute atomic E-state index is 12.5. The fourth-order valence-corrected chi connectivity index (χ4v) is 4.05. The van der Waals surface area contributed by atoms with Crippen LogP contribution < -0.4 is 14.8 Å². The van der Waals surface area contributed by atoms with Crippen LogP contribution >= 0.6 is 0 Å². The van der Waals surface area contributed by atoms with Gasteiger partial charge in [0.1, 0.15) is 0 Å². The molecule has 0 spiro atoms. The molecule has 0 aliphatic rings. The second-order valence-corrected chi connectivity index (χ2v) is 9.22. The van der Waals surface area contributed by atoms with Crippen LogP contribution in [0.2, 0.25) is 0 Å². The lowest BCUT2D eigenvalue weighted by atomic mass is 10.2. The number of carbonyl (C=O) groups excluding carboxylic acids is 1. The molecule has 0 aliphatic carbocycles. The first-order valence-electron chi connectivity index (χ1n) is 9.85. The highest BCUT2D eigenvalue weighted by Crippen LogP contribution is 2.28. The van der Waals surface area contributed by atoms with Gasteiger partial charge in [0.15, 0.2) is 11.5 Å². The van der Waals surface area contributed by atoms with Crippen molar-refractivity contribution in [3.63, 3.8) is 0 Å². The minimum atomic E-state index is -3.54. The van der Waals surface area contributed by atoms with E-state index in [1.807, 2.05) is 32.0 Å². The molecule has 0 saturated heterocycles. The highest BCUT2D eigenvalue weighted by atomic mass is 32.2. The fourth-order valence-electron chi connectivity index (χ4n) is 2.82. The molecule has 0 unspecified atom stereocenters. The molecule has 2 rings (SSSR count). The van der Waals surface area contributed by atoms with Crippen LogP contribution in [0, 0.1) is 0 Å². The molecule has 1 amide bonds. The summed E-state index contributed by atoms with van der Waals surface area (Å²) in [7, 11) is -0.441. The number of nitrogens with zero attached hydrogens (tertiary/aromatic N) is 1. The van der Waals surface area contributed by atoms with E-state index < -0.39 is 10.0 Å². The number of benzene rings is 2. The first kappa shape index (κ1) is 23.7. The normalized spacial score (nSPS) is 11.5. The van der Waals surface area contributed by atoms with Crippen molar-refractivity contribution in [2.45, 2.75) is 44.2 Å². The third-order valence-electron chi connectivity index (χ3n) is 4.41. The molecule has 0 atom stereocenters. The first-order chi connectivity index (χ1) is 14.2. The smallest absolute Gasteiger partial charge is 0.242 e. The molecule has 0 aliphatic heterocycles. The van der Waals surface area contributed by atoms with Crippen LogP contribution in [0.3, 0.4) is 0 Å². The van der Waals surface area contributed by atoms with Gasteiger partial charge in [-0.2, -0.15) is 0 Å². The van der Waals surface area contributed by atoms with Crippen molar-refractivity contribution < 1.29 is 22.7 Å². The van der Waals surface area contributed by atoms with Crippen LogP contribution in [0.1, 0.15) is 32.3 Å². The third-order valence-corrected chi connectivity index (χ3v) is 6.28. The van der Waals surface area contributed by atoms with Crippen LogP contribution in [0.15, 0.2) is 53.4 Å². The average Bonchev–Trinajstić information content (AvgIpc) is 2.73. The molecule has 1 N–H and O–H groups in total. The van der Waals surface area contributed by atoms with Crippen molar-refractivity contribution in [2.75, 3.05) is 20.7 Å². The Morgan fingerprint density at radius 1 is 1.10 bits per heavy atom. The molecule has 164 valence electrons. The number of hydrogen-bond acceptors (Lipinski definition) is 5. The van der Waals surface area contributed by atoms with Crippen LogP contribution in [0.25, 0.3) is 0 Å². The molecule has 2 aromatic carbocycles. The highest BCUT2D eigenvalue weighted by molar-refractivity contribution is 7.89. The van der Waals surface area contributed by atoms with E-state index >= 15 is 0 Å². The fraction of sp³-hybridized carbons (Fsp3) is 0.409. The summed E-state index contributed by atoms with van der Waals surface area (Å²) in [6, 6.07) is 13.8. The maximum Gasteiger partial charge on any atom is 0.242 e. The Labute approximate surface area is 179 Å². The Kier molecular flexibility index (Phi) is 8.68. The number of amides is 1. The predicted molar refractivity (Wildman–Crippen MR) is 116 cm³/mol. The number of ether oxygens (including phenoxy) is 2. The predicted octanol–water partition coefficient (Wildman–Crippen LogP) is 3.20. The molecular formula is C22H30N2O5S. The Bertz CT molecular complexity index is 930. The van der Waals surface area contributed by atoms with E-state index in [1.54, 1.807) is 37.4 Å². The van der Waals surface area contributed by atoms with E-state index in [2.05, 4.69) is 5.32 Å². The summed E-state index contributed by atoms with van der Waals surface area (Å²) >= 11 is 0. The van der Waals surface area contributed by atoms with E-state index in [4.69, 9.17) is 9.47 Å². The van der Waals surface area contributed by atoms with Crippen molar-refractivity contribution in [1.29, 1.82) is 0 Å². The van der Waals surface area contributed by atoms with Gasteiger partial charge in [0, 0.05) is 26.6 Å². The van der Waals surface area contributed by atoms with E-state index in [0.717, 1.165) is 5.56 Å². The number of methoxy groups -OCH3 is 1. The summed E-state index contributed by atoms with van der Waals surface area (Å²) < 4.78 is 37.3. The molecular weight excluding hydrogens is 404 g/mol. The van der Waals surface area contributed by atoms with Gasteiger partial charge in [-0.15, -0.1) is 0 Å². The second-order valence-electron chi connectivity index (χ2n) is 7.17. The minimum absolute atomic E-state index is 0.0355. The third kappa shape index (κ3) is 6.74. The minimum Gasteiger partial charge on any atom is -0.493 e. The number of carbonyl (C=O) groups is 1. The lowest BCUT2D eigenvalue weighted by Crippen LogP contribution is -2.29. The molecule has 7 nitrogen and oxygen atoms in total. The van der Waals surface area contributed by atoms with Crippen molar-refractivity contribution in [1.82, 2.24) is 9.62 Å². The van der Waals surface area contributed by atoms with Crippen molar-refractivity contribution >= 4 is 15.9 Å². The number of nitrogens with one attached hydrogen (secondary N) is 1. The van der Waals surface area contributed by atoms with Gasteiger partial charge in [-0.05, 0) is 50.1 Å². The molecule has 2 aromatic rings. The second kappa shape index (κ2) is 11.0. The van der Waals surface area contributed by atoms with Gasteiger partial charge in [-0.1, -0.05) is 24.3 Å². The number of sulfonamides is 1. The molecule has 8 heteroatoms. The zero-order valence-electron chi connectivity index (χ0n) is 17.9. The molecule has 0 radical (unpaired) electrons. The van der Waals surface area contributed by atoms with E-state index in [0.29, 0.717) is 24.5 Å². The van der Waals surface area contributed by atoms with Gasteiger partial charge in [-0.25, -0.2) is 12.7 Å². The van der Waals surface area contributed by atoms with Gasteiger partial charge >= 0.3 is 0 Å². The molecule has 0 saturated carbocycles. The van der Waals surface area contributed by atoms with Gasteiger partial charge in [0.2, 0.25) is 15.9 Å². The van der Waals surface area contributed by atoms with Crippen molar-refractivity contribution in [3.05, 3.63) is 54.1 Å². The summed E-state index contributed by atoms with van der Waals surface area (Å²) in [4.78, 5) is 12.4. The van der Waals surface area contributed by atoms with Gasteiger partial charge < -0.3 is 14.8 Å². The first-order valence-corrected chi connectivity index (χ1v) is 11.3. The topological polar surface area (TPSA) is 84.9 Å². The molecule has 0 fully saturated rings. The summed E-state index contributed by atoms with van der Waals surface area (Å²) in [5.74, 6) is 1.13. The molecule has 30 heavy (non-hydrogen) atoms. The van der Waals surface area contributed by atoms with Crippen LogP contribution in [0.5, 0.6) is 11.5 Å². The van der Waals surface area contributed by atoms with E-state index in [9.17, 15) is 13.2 Å². The molecule has 0 heterocycles. The van der Waals surface area contributed by atoms with Crippen LogP contribution in [-0.4, -0.2) is 45.4 Å². The molecule has 0 bridgehead atoms. The molecule has 0 aromatic heterocycles. The van der Waals surface area contributed by atoms with E-state index in [-0.39, 0.29) is 29.9 Å². The average molecular weight is 435 g/mol. The maximum atomic E-state index is 12.5. The van der Waals surface area contributed by atoms with Crippen molar-refractivity contribution in [2.24, 2.45) is 0 Å². The Balaban J connectivity index is 1.81. The Hall–Kier alpha value is -2.58. The Morgan fingerprint density at radius 2 is 1.80 bits per heavy atom. The summed E-state index contributed by atoms with van der Waals surface area (Å²) in [5.41, 5.74) is 0.889. The van der Waals surface area contributed by atoms with Gasteiger partial charge in [0.05, 0.1) is 18.1 Å². The van der Waals surface area contributed by atoms with Gasteiger partial charge in [0.25, 0.3) is 0 Å². The van der Waals surface area contributed by atoms with Crippen molar-refractivity contribution in [3.8, 4) is 11.5 Å². The van der Waals surface area contributed by atoms with Crippen LogP contribution in [-0.2, 0) is 21.4 Å².